The standard InChI is InChI=1S/C22H20FN3O2/c23-18-7-1-5-17(14-18)22(28)26-12-9-16(10-13-26)21(27)25-19-8-2-4-15-6-3-11-24-20(15)19/h1-8,11,14,16H,9-10,12-13H2,(H,25,27). The van der Waals surface area contributed by atoms with E-state index in [1.807, 2.05) is 30.3 Å². The molecule has 0 radical (unpaired) electrons. The Balaban J connectivity index is 1.39. The summed E-state index contributed by atoms with van der Waals surface area (Å²) in [7, 11) is 0. The van der Waals surface area contributed by atoms with Crippen molar-refractivity contribution < 1.29 is 14.0 Å². The highest BCUT2D eigenvalue weighted by Gasteiger charge is 2.28. The van der Waals surface area contributed by atoms with Crippen LogP contribution in [0.4, 0.5) is 10.1 Å². The number of halogens is 1. The fraction of sp³-hybridized carbons (Fsp3) is 0.227. The lowest BCUT2D eigenvalue weighted by Crippen LogP contribution is -2.41. The Labute approximate surface area is 162 Å². The molecule has 1 saturated heterocycles. The van der Waals surface area contributed by atoms with Gasteiger partial charge in [-0.3, -0.25) is 14.6 Å². The molecule has 1 aromatic heterocycles. The first-order chi connectivity index (χ1) is 13.6. The van der Waals surface area contributed by atoms with Gasteiger partial charge in [0, 0.05) is 36.2 Å². The maximum absolute atomic E-state index is 13.4. The summed E-state index contributed by atoms with van der Waals surface area (Å²) in [4.78, 5) is 31.3. The second-order valence-corrected chi connectivity index (χ2v) is 6.95. The highest BCUT2D eigenvalue weighted by Crippen LogP contribution is 2.24. The van der Waals surface area contributed by atoms with E-state index in [4.69, 9.17) is 0 Å². The number of carbonyl (C=O) groups is 2. The SMILES string of the molecule is O=C(Nc1cccc2cccnc12)C1CCN(C(=O)c2cccc(F)c2)CC1. The summed E-state index contributed by atoms with van der Waals surface area (Å²) in [6.07, 6.45) is 2.85. The Morgan fingerprint density at radius 1 is 1.04 bits per heavy atom. The normalized spacial score (nSPS) is 14.8. The van der Waals surface area contributed by atoms with Gasteiger partial charge in [-0.2, -0.15) is 0 Å². The van der Waals surface area contributed by atoms with Gasteiger partial charge in [-0.05, 0) is 43.2 Å². The lowest BCUT2D eigenvalue weighted by Gasteiger charge is -2.31. The molecule has 28 heavy (non-hydrogen) atoms. The highest BCUT2D eigenvalue weighted by molar-refractivity contribution is 6.01. The number of aromatic nitrogens is 1. The number of nitrogens with one attached hydrogen (secondary N) is 1. The number of fused-ring (bicyclic) bond motifs is 1. The van der Waals surface area contributed by atoms with Crippen molar-refractivity contribution in [2.75, 3.05) is 18.4 Å². The zero-order chi connectivity index (χ0) is 19.5. The topological polar surface area (TPSA) is 62.3 Å². The number of nitrogens with zero attached hydrogens (tertiary/aromatic N) is 2. The van der Waals surface area contributed by atoms with Crippen molar-refractivity contribution in [1.82, 2.24) is 9.88 Å². The third kappa shape index (κ3) is 3.71. The number of para-hydroxylation sites is 1. The van der Waals surface area contributed by atoms with Gasteiger partial charge in [0.05, 0.1) is 11.2 Å². The molecule has 0 atom stereocenters. The minimum atomic E-state index is -0.427. The number of carbonyl (C=O) groups excluding carboxylic acids is 2. The van der Waals surface area contributed by atoms with E-state index in [1.165, 1.54) is 18.2 Å². The van der Waals surface area contributed by atoms with Crippen LogP contribution < -0.4 is 5.32 Å². The molecule has 0 bridgehead atoms. The van der Waals surface area contributed by atoms with Crippen LogP contribution in [-0.4, -0.2) is 34.8 Å². The van der Waals surface area contributed by atoms with Crippen LogP contribution in [0.5, 0.6) is 0 Å². The predicted octanol–water partition coefficient (Wildman–Crippen LogP) is 3.86. The molecule has 2 amide bonds. The van der Waals surface area contributed by atoms with Gasteiger partial charge < -0.3 is 10.2 Å². The van der Waals surface area contributed by atoms with Crippen molar-refractivity contribution in [1.29, 1.82) is 0 Å². The lowest BCUT2D eigenvalue weighted by atomic mass is 9.95. The number of hydrogen-bond donors (Lipinski definition) is 1. The number of benzene rings is 2. The molecular formula is C22H20FN3O2. The fourth-order valence-electron chi connectivity index (χ4n) is 3.59. The van der Waals surface area contributed by atoms with Gasteiger partial charge in [-0.1, -0.05) is 24.3 Å². The molecule has 0 spiro atoms. The van der Waals surface area contributed by atoms with E-state index < -0.39 is 5.82 Å². The molecule has 3 aromatic rings. The second-order valence-electron chi connectivity index (χ2n) is 6.95. The average molecular weight is 377 g/mol. The molecular weight excluding hydrogens is 357 g/mol. The smallest absolute Gasteiger partial charge is 0.253 e. The van der Waals surface area contributed by atoms with Gasteiger partial charge in [0.15, 0.2) is 0 Å². The van der Waals surface area contributed by atoms with E-state index in [9.17, 15) is 14.0 Å². The predicted molar refractivity (Wildman–Crippen MR) is 105 cm³/mol. The summed E-state index contributed by atoms with van der Waals surface area (Å²) in [5.74, 6) is -0.855. The molecule has 1 fully saturated rings. The van der Waals surface area contributed by atoms with Crippen molar-refractivity contribution in [3.63, 3.8) is 0 Å². The number of amides is 2. The zero-order valence-electron chi connectivity index (χ0n) is 15.3. The third-order valence-corrected chi connectivity index (χ3v) is 5.12. The maximum atomic E-state index is 13.4. The first-order valence-electron chi connectivity index (χ1n) is 9.31. The van der Waals surface area contributed by atoms with E-state index >= 15 is 0 Å². The van der Waals surface area contributed by atoms with E-state index in [0.717, 1.165) is 10.9 Å². The summed E-state index contributed by atoms with van der Waals surface area (Å²) >= 11 is 0. The second kappa shape index (κ2) is 7.76. The molecule has 0 unspecified atom stereocenters. The Morgan fingerprint density at radius 2 is 1.79 bits per heavy atom. The van der Waals surface area contributed by atoms with Crippen LogP contribution in [0.2, 0.25) is 0 Å². The van der Waals surface area contributed by atoms with Crippen LogP contribution >= 0.6 is 0 Å². The van der Waals surface area contributed by atoms with Gasteiger partial charge in [0.1, 0.15) is 5.82 Å². The molecule has 0 aliphatic carbocycles. The molecule has 2 aromatic carbocycles. The van der Waals surface area contributed by atoms with Gasteiger partial charge in [-0.25, -0.2) is 4.39 Å². The van der Waals surface area contributed by atoms with E-state index in [1.54, 1.807) is 17.2 Å². The Morgan fingerprint density at radius 3 is 2.57 bits per heavy atom. The van der Waals surface area contributed by atoms with Crippen molar-refractivity contribution in [3.8, 4) is 0 Å². The van der Waals surface area contributed by atoms with Crippen molar-refractivity contribution in [3.05, 3.63) is 72.2 Å². The van der Waals surface area contributed by atoms with Gasteiger partial charge >= 0.3 is 0 Å². The summed E-state index contributed by atoms with van der Waals surface area (Å²) in [5, 5.41) is 3.95. The van der Waals surface area contributed by atoms with Crippen molar-refractivity contribution in [2.24, 2.45) is 5.92 Å². The van der Waals surface area contributed by atoms with E-state index in [0.29, 0.717) is 37.2 Å². The van der Waals surface area contributed by atoms with Gasteiger partial charge in [0.2, 0.25) is 5.91 Å². The molecule has 2 heterocycles. The number of hydrogen-bond acceptors (Lipinski definition) is 3. The maximum Gasteiger partial charge on any atom is 0.253 e. The van der Waals surface area contributed by atoms with Crippen LogP contribution in [0.15, 0.2) is 60.8 Å². The van der Waals surface area contributed by atoms with E-state index in [2.05, 4.69) is 10.3 Å². The van der Waals surface area contributed by atoms with Crippen molar-refractivity contribution >= 4 is 28.4 Å². The van der Waals surface area contributed by atoms with E-state index in [-0.39, 0.29) is 17.7 Å². The number of piperidine rings is 1. The third-order valence-electron chi connectivity index (χ3n) is 5.12. The summed E-state index contributed by atoms with van der Waals surface area (Å²) in [6.45, 7) is 0.947. The van der Waals surface area contributed by atoms with Gasteiger partial charge in [0.25, 0.3) is 5.91 Å². The zero-order valence-corrected chi connectivity index (χ0v) is 15.3. The number of likely N-dealkylation sites (tertiary alicyclic amines) is 1. The highest BCUT2D eigenvalue weighted by atomic mass is 19.1. The molecule has 6 heteroatoms. The van der Waals surface area contributed by atoms with Gasteiger partial charge in [-0.15, -0.1) is 0 Å². The lowest BCUT2D eigenvalue weighted by molar-refractivity contribution is -0.121. The van der Waals surface area contributed by atoms with Crippen LogP contribution in [0.25, 0.3) is 10.9 Å². The summed E-state index contributed by atoms with van der Waals surface area (Å²) < 4.78 is 13.4. The fourth-order valence-corrected chi connectivity index (χ4v) is 3.59. The summed E-state index contributed by atoms with van der Waals surface area (Å²) in [5.41, 5.74) is 1.79. The average Bonchev–Trinajstić information content (AvgIpc) is 2.73. The molecule has 1 aliphatic heterocycles. The number of anilines is 1. The monoisotopic (exact) mass is 377 g/mol. The first-order valence-corrected chi connectivity index (χ1v) is 9.31. The molecule has 1 N–H and O–H groups in total. The number of rotatable bonds is 3. The molecule has 1 aliphatic rings. The Hall–Kier alpha value is -3.28. The van der Waals surface area contributed by atoms with Crippen LogP contribution in [0, 0.1) is 11.7 Å². The molecule has 4 rings (SSSR count). The Bertz CT molecular complexity index is 1020. The van der Waals surface area contributed by atoms with Crippen LogP contribution in [0.3, 0.4) is 0 Å². The van der Waals surface area contributed by atoms with Crippen LogP contribution in [-0.2, 0) is 4.79 Å². The largest absolute Gasteiger partial charge is 0.339 e. The minimum Gasteiger partial charge on any atom is -0.339 e. The van der Waals surface area contributed by atoms with Crippen molar-refractivity contribution in [2.45, 2.75) is 12.8 Å². The molecule has 5 nitrogen and oxygen atoms in total. The Kier molecular flexibility index (Phi) is 5.02. The number of pyridine rings is 1. The molecule has 142 valence electrons. The quantitative estimate of drug-likeness (QED) is 0.754. The first kappa shape index (κ1) is 18.1. The minimum absolute atomic E-state index is 0.0593. The molecule has 0 saturated carbocycles. The summed E-state index contributed by atoms with van der Waals surface area (Å²) in [6, 6.07) is 15.2. The van der Waals surface area contributed by atoms with Crippen LogP contribution in [0.1, 0.15) is 23.2 Å².